The molecule has 1 fully saturated rings. The van der Waals surface area contributed by atoms with E-state index in [1.165, 1.54) is 31.2 Å². The number of hydrogen-bond acceptors (Lipinski definition) is 2. The van der Waals surface area contributed by atoms with Crippen LogP contribution in [0.2, 0.25) is 0 Å². The molecule has 0 saturated heterocycles. The first-order valence-electron chi connectivity index (χ1n) is 6.42. The Morgan fingerprint density at radius 2 is 1.88 bits per heavy atom. The van der Waals surface area contributed by atoms with Gasteiger partial charge in [0.1, 0.15) is 0 Å². The highest BCUT2D eigenvalue weighted by atomic mass is 14.9. The fourth-order valence-corrected chi connectivity index (χ4v) is 2.61. The number of nitrogens with zero attached hydrogens (tertiary/aromatic N) is 1. The van der Waals surface area contributed by atoms with Crippen LogP contribution in [0.25, 0.3) is 0 Å². The third-order valence-corrected chi connectivity index (χ3v) is 3.77. The van der Waals surface area contributed by atoms with Crippen molar-refractivity contribution in [3.05, 3.63) is 35.4 Å². The predicted molar refractivity (Wildman–Crippen MR) is 69.4 cm³/mol. The minimum Gasteiger partial charge on any atom is -0.312 e. The van der Waals surface area contributed by atoms with Crippen LogP contribution < -0.4 is 5.32 Å². The summed E-state index contributed by atoms with van der Waals surface area (Å²) in [6, 6.07) is 9.97. The summed E-state index contributed by atoms with van der Waals surface area (Å²) in [4.78, 5) is 0. The van der Waals surface area contributed by atoms with Crippen LogP contribution in [-0.2, 0) is 6.54 Å². The van der Waals surface area contributed by atoms with Gasteiger partial charge >= 0.3 is 0 Å². The van der Waals surface area contributed by atoms with Crippen molar-refractivity contribution in [2.75, 3.05) is 6.54 Å². The zero-order chi connectivity index (χ0) is 12.1. The molecule has 0 aromatic heterocycles. The van der Waals surface area contributed by atoms with Crippen molar-refractivity contribution in [1.29, 1.82) is 5.26 Å². The first-order chi connectivity index (χ1) is 8.22. The van der Waals surface area contributed by atoms with Crippen molar-refractivity contribution >= 4 is 0 Å². The molecule has 0 aliphatic heterocycles. The summed E-state index contributed by atoms with van der Waals surface area (Å²) in [6.07, 6.45) is 5.48. The minimum absolute atomic E-state index is 0.507. The van der Waals surface area contributed by atoms with Gasteiger partial charge in [0.15, 0.2) is 0 Å². The maximum Gasteiger partial charge on any atom is 0.0991 e. The lowest BCUT2D eigenvalue weighted by atomic mass is 9.89. The number of nitrogens with one attached hydrogen (secondary N) is 1. The minimum atomic E-state index is 0.507. The lowest BCUT2D eigenvalue weighted by Gasteiger charge is -2.23. The second kappa shape index (κ2) is 5.33. The molecular formula is C15H20N2. The molecule has 0 atom stereocenters. The Bertz CT molecular complexity index is 394. The van der Waals surface area contributed by atoms with Gasteiger partial charge in [-0.25, -0.2) is 0 Å². The van der Waals surface area contributed by atoms with Crippen LogP contribution in [0.3, 0.4) is 0 Å². The Balaban J connectivity index is 1.80. The molecule has 1 aromatic carbocycles. The van der Waals surface area contributed by atoms with E-state index in [1.807, 2.05) is 24.3 Å². The molecule has 0 amide bonds. The molecular weight excluding hydrogens is 208 g/mol. The summed E-state index contributed by atoms with van der Waals surface area (Å²) in [7, 11) is 0. The Morgan fingerprint density at radius 3 is 2.47 bits per heavy atom. The van der Waals surface area contributed by atoms with E-state index in [9.17, 15) is 0 Å². The highest BCUT2D eigenvalue weighted by molar-refractivity contribution is 5.31. The largest absolute Gasteiger partial charge is 0.312 e. The van der Waals surface area contributed by atoms with Crippen LogP contribution in [0.1, 0.15) is 43.7 Å². The monoisotopic (exact) mass is 228 g/mol. The third kappa shape index (κ3) is 3.31. The maximum atomic E-state index is 8.72. The van der Waals surface area contributed by atoms with Crippen molar-refractivity contribution in [2.24, 2.45) is 5.41 Å². The molecule has 2 heteroatoms. The molecule has 0 bridgehead atoms. The molecule has 0 unspecified atom stereocenters. The maximum absolute atomic E-state index is 8.72. The van der Waals surface area contributed by atoms with Crippen LogP contribution in [0, 0.1) is 16.7 Å². The molecule has 2 rings (SSSR count). The number of benzene rings is 1. The fourth-order valence-electron chi connectivity index (χ4n) is 2.61. The Morgan fingerprint density at radius 1 is 1.24 bits per heavy atom. The van der Waals surface area contributed by atoms with Gasteiger partial charge in [0, 0.05) is 13.1 Å². The molecule has 1 N–H and O–H groups in total. The summed E-state index contributed by atoms with van der Waals surface area (Å²) >= 11 is 0. The average molecular weight is 228 g/mol. The zero-order valence-electron chi connectivity index (χ0n) is 10.5. The zero-order valence-corrected chi connectivity index (χ0v) is 10.5. The van der Waals surface area contributed by atoms with E-state index < -0.39 is 0 Å². The molecule has 1 aliphatic carbocycles. The predicted octanol–water partition coefficient (Wildman–Crippen LogP) is 3.23. The average Bonchev–Trinajstić information content (AvgIpc) is 2.77. The van der Waals surface area contributed by atoms with Crippen molar-refractivity contribution in [2.45, 2.75) is 39.2 Å². The molecule has 90 valence electrons. The van der Waals surface area contributed by atoms with E-state index in [2.05, 4.69) is 18.3 Å². The topological polar surface area (TPSA) is 35.8 Å². The number of hydrogen-bond donors (Lipinski definition) is 1. The molecule has 1 aromatic rings. The first-order valence-corrected chi connectivity index (χ1v) is 6.42. The third-order valence-electron chi connectivity index (χ3n) is 3.77. The Labute approximate surface area is 104 Å². The quantitative estimate of drug-likeness (QED) is 0.858. The molecule has 2 nitrogen and oxygen atoms in total. The van der Waals surface area contributed by atoms with Gasteiger partial charge < -0.3 is 5.32 Å². The van der Waals surface area contributed by atoms with Crippen LogP contribution >= 0.6 is 0 Å². The molecule has 17 heavy (non-hydrogen) atoms. The standard InChI is InChI=1S/C15H20N2/c1-15(8-2-3-9-15)12-17-11-14-6-4-13(10-16)5-7-14/h4-7,17H,2-3,8-9,11-12H2,1H3. The summed E-state index contributed by atoms with van der Waals surface area (Å²) in [5, 5.41) is 12.3. The van der Waals surface area contributed by atoms with Gasteiger partial charge in [-0.1, -0.05) is 31.9 Å². The molecule has 1 aliphatic rings. The lowest BCUT2D eigenvalue weighted by Crippen LogP contribution is -2.29. The van der Waals surface area contributed by atoms with Gasteiger partial charge in [-0.05, 0) is 36.0 Å². The van der Waals surface area contributed by atoms with E-state index >= 15 is 0 Å². The second-order valence-corrected chi connectivity index (χ2v) is 5.43. The van der Waals surface area contributed by atoms with Gasteiger partial charge in [0.05, 0.1) is 11.6 Å². The molecule has 0 spiro atoms. The van der Waals surface area contributed by atoms with Crippen LogP contribution in [0.4, 0.5) is 0 Å². The fraction of sp³-hybridized carbons (Fsp3) is 0.533. The van der Waals surface area contributed by atoms with E-state index in [4.69, 9.17) is 5.26 Å². The smallest absolute Gasteiger partial charge is 0.0991 e. The van der Waals surface area contributed by atoms with Gasteiger partial charge in [-0.3, -0.25) is 0 Å². The van der Waals surface area contributed by atoms with Crippen molar-refractivity contribution in [3.8, 4) is 6.07 Å². The molecule has 0 heterocycles. The van der Waals surface area contributed by atoms with Gasteiger partial charge in [-0.2, -0.15) is 5.26 Å². The Kier molecular flexibility index (Phi) is 3.81. The summed E-state index contributed by atoms with van der Waals surface area (Å²) in [5.41, 5.74) is 2.49. The number of nitriles is 1. The SMILES string of the molecule is CC1(CNCc2ccc(C#N)cc2)CCCC1. The molecule has 0 radical (unpaired) electrons. The lowest BCUT2D eigenvalue weighted by molar-refractivity contribution is 0.314. The first kappa shape index (κ1) is 12.1. The van der Waals surface area contributed by atoms with E-state index in [0.717, 1.165) is 18.7 Å². The van der Waals surface area contributed by atoms with E-state index in [0.29, 0.717) is 5.41 Å². The van der Waals surface area contributed by atoms with Gasteiger partial charge in [0.25, 0.3) is 0 Å². The second-order valence-electron chi connectivity index (χ2n) is 5.43. The highest BCUT2D eigenvalue weighted by Crippen LogP contribution is 2.36. The highest BCUT2D eigenvalue weighted by Gasteiger charge is 2.27. The Hall–Kier alpha value is -1.33. The van der Waals surface area contributed by atoms with Crippen molar-refractivity contribution < 1.29 is 0 Å². The summed E-state index contributed by atoms with van der Waals surface area (Å²) < 4.78 is 0. The van der Waals surface area contributed by atoms with Crippen molar-refractivity contribution in [3.63, 3.8) is 0 Å². The normalized spacial score (nSPS) is 17.9. The van der Waals surface area contributed by atoms with E-state index in [1.54, 1.807) is 0 Å². The summed E-state index contributed by atoms with van der Waals surface area (Å²) in [6.45, 7) is 4.39. The van der Waals surface area contributed by atoms with Gasteiger partial charge in [-0.15, -0.1) is 0 Å². The van der Waals surface area contributed by atoms with Crippen LogP contribution in [-0.4, -0.2) is 6.54 Å². The van der Waals surface area contributed by atoms with Gasteiger partial charge in [0.2, 0.25) is 0 Å². The van der Waals surface area contributed by atoms with Crippen molar-refractivity contribution in [1.82, 2.24) is 5.32 Å². The summed E-state index contributed by atoms with van der Waals surface area (Å²) in [5.74, 6) is 0. The van der Waals surface area contributed by atoms with E-state index in [-0.39, 0.29) is 0 Å². The number of rotatable bonds is 4. The molecule has 1 saturated carbocycles. The van der Waals surface area contributed by atoms with Crippen LogP contribution in [0.15, 0.2) is 24.3 Å². The van der Waals surface area contributed by atoms with Crippen LogP contribution in [0.5, 0.6) is 0 Å².